The van der Waals surface area contributed by atoms with Gasteiger partial charge in [0.2, 0.25) is 5.88 Å². The molecule has 1 aliphatic heterocycles. The lowest BCUT2D eigenvalue weighted by atomic mass is 9.96. The van der Waals surface area contributed by atoms with Crippen molar-refractivity contribution in [2.75, 3.05) is 25.1 Å². The molecule has 1 aliphatic rings. The Balaban J connectivity index is 1.42. The van der Waals surface area contributed by atoms with E-state index in [2.05, 4.69) is 30.3 Å². The Morgan fingerprint density at radius 3 is 2.71 bits per heavy atom. The smallest absolute Gasteiger partial charge is 0.231 e. The van der Waals surface area contributed by atoms with Crippen molar-refractivity contribution in [1.29, 1.82) is 0 Å². The van der Waals surface area contributed by atoms with Crippen molar-refractivity contribution >= 4 is 22.5 Å². The minimum atomic E-state index is 0.290. The Labute approximate surface area is 161 Å². The zero-order valence-corrected chi connectivity index (χ0v) is 16.1. The number of aromatic nitrogens is 8. The number of anilines is 1. The van der Waals surface area contributed by atoms with Gasteiger partial charge in [0.15, 0.2) is 17.1 Å². The van der Waals surface area contributed by atoms with E-state index in [0.717, 1.165) is 60.1 Å². The van der Waals surface area contributed by atoms with Crippen LogP contribution in [0, 0.1) is 6.92 Å². The van der Waals surface area contributed by atoms with Gasteiger partial charge in [0, 0.05) is 32.1 Å². The van der Waals surface area contributed by atoms with E-state index in [1.54, 1.807) is 22.4 Å². The van der Waals surface area contributed by atoms with Gasteiger partial charge in [0.05, 0.1) is 18.7 Å². The minimum Gasteiger partial charge on any atom is -0.480 e. The van der Waals surface area contributed by atoms with Crippen molar-refractivity contribution in [1.82, 2.24) is 39.6 Å². The van der Waals surface area contributed by atoms with Crippen LogP contribution in [0.15, 0.2) is 18.3 Å². The Hall–Kier alpha value is -3.30. The number of ether oxygens (including phenoxy) is 1. The maximum absolute atomic E-state index is 5.25. The van der Waals surface area contributed by atoms with E-state index < -0.39 is 0 Å². The molecular formula is C18H21N9O. The van der Waals surface area contributed by atoms with Crippen LogP contribution in [0.25, 0.3) is 16.7 Å². The zero-order valence-electron chi connectivity index (χ0n) is 16.1. The first-order chi connectivity index (χ1) is 13.6. The topological polar surface area (TPSA) is 99.1 Å². The third-order valence-corrected chi connectivity index (χ3v) is 5.32. The maximum atomic E-state index is 5.25. The molecular weight excluding hydrogens is 358 g/mol. The van der Waals surface area contributed by atoms with Crippen LogP contribution in [0.2, 0.25) is 0 Å². The van der Waals surface area contributed by atoms with Gasteiger partial charge in [-0.1, -0.05) is 0 Å². The third-order valence-electron chi connectivity index (χ3n) is 5.32. The number of aryl methyl sites for hydroxylation is 2. The highest BCUT2D eigenvalue weighted by atomic mass is 16.5. The van der Waals surface area contributed by atoms with Gasteiger partial charge in [0.1, 0.15) is 11.6 Å². The van der Waals surface area contributed by atoms with Crippen LogP contribution in [-0.2, 0) is 7.05 Å². The number of hydrogen-bond donors (Lipinski definition) is 0. The molecule has 0 saturated carbocycles. The molecule has 0 N–H and O–H groups in total. The van der Waals surface area contributed by atoms with E-state index in [-0.39, 0.29) is 5.92 Å². The molecule has 28 heavy (non-hydrogen) atoms. The highest BCUT2D eigenvalue weighted by Crippen LogP contribution is 2.31. The Kier molecular flexibility index (Phi) is 3.85. The van der Waals surface area contributed by atoms with Crippen LogP contribution in [0.3, 0.4) is 0 Å². The first kappa shape index (κ1) is 16.8. The highest BCUT2D eigenvalue weighted by Gasteiger charge is 2.27. The van der Waals surface area contributed by atoms with Crippen molar-refractivity contribution in [2.45, 2.75) is 25.7 Å². The molecule has 10 heteroatoms. The summed E-state index contributed by atoms with van der Waals surface area (Å²) in [5, 5.41) is 18.5. The van der Waals surface area contributed by atoms with Gasteiger partial charge in [-0.2, -0.15) is 9.61 Å². The van der Waals surface area contributed by atoms with Gasteiger partial charge in [0.25, 0.3) is 0 Å². The van der Waals surface area contributed by atoms with Gasteiger partial charge in [-0.3, -0.25) is 4.68 Å². The molecule has 0 radical (unpaired) electrons. The molecule has 1 fully saturated rings. The van der Waals surface area contributed by atoms with Crippen LogP contribution >= 0.6 is 0 Å². The summed E-state index contributed by atoms with van der Waals surface area (Å²) in [6, 6.07) is 3.67. The molecule has 4 aromatic heterocycles. The van der Waals surface area contributed by atoms with Crippen LogP contribution < -0.4 is 9.64 Å². The van der Waals surface area contributed by atoms with Gasteiger partial charge in [-0.15, -0.1) is 15.3 Å². The molecule has 0 aliphatic carbocycles. The summed E-state index contributed by atoms with van der Waals surface area (Å²) < 4.78 is 8.84. The van der Waals surface area contributed by atoms with Crippen LogP contribution in [0.5, 0.6) is 5.88 Å². The summed E-state index contributed by atoms with van der Waals surface area (Å²) in [4.78, 5) is 11.5. The molecule has 0 amide bonds. The van der Waals surface area contributed by atoms with Gasteiger partial charge in [-0.05, 0) is 25.8 Å². The van der Waals surface area contributed by atoms with Crippen LogP contribution in [0.1, 0.15) is 30.4 Å². The number of piperidine rings is 1. The largest absolute Gasteiger partial charge is 0.480 e. The van der Waals surface area contributed by atoms with Crippen molar-refractivity contribution in [3.8, 4) is 5.88 Å². The monoisotopic (exact) mass is 379 g/mol. The molecule has 0 bridgehead atoms. The molecule has 0 unspecified atom stereocenters. The Bertz CT molecular complexity index is 1160. The Morgan fingerprint density at radius 1 is 1.11 bits per heavy atom. The number of fused-ring (bicyclic) bond motifs is 2. The van der Waals surface area contributed by atoms with Gasteiger partial charge >= 0.3 is 0 Å². The lowest BCUT2D eigenvalue weighted by Crippen LogP contribution is -2.34. The van der Waals surface area contributed by atoms with Gasteiger partial charge in [-0.25, -0.2) is 9.97 Å². The first-order valence-corrected chi connectivity index (χ1v) is 9.31. The molecule has 0 atom stereocenters. The third kappa shape index (κ3) is 2.63. The normalized spacial score (nSPS) is 15.6. The fourth-order valence-electron chi connectivity index (χ4n) is 3.86. The SMILES string of the molecule is COc1ccc2nnc(C3CCN(c4nc(C)nc5c4cnn5C)CC3)n2n1. The summed E-state index contributed by atoms with van der Waals surface area (Å²) >= 11 is 0. The molecule has 4 aromatic rings. The standard InChI is InChI=1S/C18H21N9O/c1-11-20-17-13(10-19-25(17)2)18(21-11)26-8-6-12(7-9-26)16-23-22-14-4-5-15(28-3)24-27(14)16/h4-5,10,12H,6-9H2,1-3H3. The fraction of sp³-hybridized carbons (Fsp3) is 0.444. The van der Waals surface area contributed by atoms with Crippen molar-refractivity contribution in [2.24, 2.45) is 7.05 Å². The summed E-state index contributed by atoms with van der Waals surface area (Å²) in [7, 11) is 3.52. The number of rotatable bonds is 3. The van der Waals surface area contributed by atoms with E-state index in [0.29, 0.717) is 5.88 Å². The molecule has 5 heterocycles. The minimum absolute atomic E-state index is 0.290. The maximum Gasteiger partial charge on any atom is 0.231 e. The van der Waals surface area contributed by atoms with E-state index in [4.69, 9.17) is 9.72 Å². The van der Waals surface area contributed by atoms with E-state index >= 15 is 0 Å². The number of methoxy groups -OCH3 is 1. The fourth-order valence-corrected chi connectivity index (χ4v) is 3.86. The lowest BCUT2D eigenvalue weighted by Gasteiger charge is -2.32. The summed E-state index contributed by atoms with van der Waals surface area (Å²) in [5.74, 6) is 3.45. The molecule has 1 saturated heterocycles. The summed E-state index contributed by atoms with van der Waals surface area (Å²) in [6.45, 7) is 3.68. The molecule has 10 nitrogen and oxygen atoms in total. The second-order valence-electron chi connectivity index (χ2n) is 7.07. The number of hydrogen-bond acceptors (Lipinski definition) is 8. The van der Waals surface area contributed by atoms with Crippen LogP contribution in [0.4, 0.5) is 5.82 Å². The van der Waals surface area contributed by atoms with Crippen LogP contribution in [-0.4, -0.2) is 59.8 Å². The summed E-state index contributed by atoms with van der Waals surface area (Å²) in [5.41, 5.74) is 1.60. The van der Waals surface area contributed by atoms with E-state index in [9.17, 15) is 0 Å². The first-order valence-electron chi connectivity index (χ1n) is 9.31. The second kappa shape index (κ2) is 6.39. The second-order valence-corrected chi connectivity index (χ2v) is 7.07. The van der Waals surface area contributed by atoms with Gasteiger partial charge < -0.3 is 9.64 Å². The number of nitrogens with zero attached hydrogens (tertiary/aromatic N) is 9. The molecule has 5 rings (SSSR count). The predicted molar refractivity (Wildman–Crippen MR) is 103 cm³/mol. The quantitative estimate of drug-likeness (QED) is 0.528. The van der Waals surface area contributed by atoms with E-state index in [1.165, 1.54) is 0 Å². The highest BCUT2D eigenvalue weighted by molar-refractivity contribution is 5.87. The van der Waals surface area contributed by atoms with Crippen molar-refractivity contribution in [3.63, 3.8) is 0 Å². The van der Waals surface area contributed by atoms with Crippen molar-refractivity contribution in [3.05, 3.63) is 30.0 Å². The molecule has 0 spiro atoms. The zero-order chi connectivity index (χ0) is 19.3. The summed E-state index contributed by atoms with van der Waals surface area (Å²) in [6.07, 6.45) is 3.74. The predicted octanol–water partition coefficient (Wildman–Crippen LogP) is 1.50. The average Bonchev–Trinajstić information content (AvgIpc) is 3.31. The van der Waals surface area contributed by atoms with E-state index in [1.807, 2.05) is 26.2 Å². The molecule has 0 aromatic carbocycles. The molecule has 144 valence electrons. The average molecular weight is 379 g/mol. The Morgan fingerprint density at radius 2 is 1.93 bits per heavy atom. The van der Waals surface area contributed by atoms with Crippen molar-refractivity contribution < 1.29 is 4.74 Å². The lowest BCUT2D eigenvalue weighted by molar-refractivity contribution is 0.387.